The summed E-state index contributed by atoms with van der Waals surface area (Å²) in [5.41, 5.74) is 0. The Balaban J connectivity index is 1.41. The van der Waals surface area contributed by atoms with Gasteiger partial charge in [0.25, 0.3) is 0 Å². The largest absolute Gasteiger partial charge is 0.302 e. The molecule has 0 aromatic heterocycles. The van der Waals surface area contributed by atoms with Crippen LogP contribution in [0, 0.1) is 23.7 Å². The van der Waals surface area contributed by atoms with Crippen LogP contribution in [0.2, 0.25) is 0 Å². The lowest BCUT2D eigenvalue weighted by Crippen LogP contribution is -2.53. The van der Waals surface area contributed by atoms with Crippen LogP contribution in [0.1, 0.15) is 33.6 Å². The maximum atomic E-state index is 2.77. The molecular formula is C15H28N2. The highest BCUT2D eigenvalue weighted by Gasteiger charge is 2.40. The normalized spacial score (nSPS) is 39.9. The van der Waals surface area contributed by atoms with E-state index in [1.807, 2.05) is 0 Å². The Hall–Kier alpha value is -0.0800. The molecule has 0 aromatic rings. The molecule has 2 unspecified atom stereocenters. The van der Waals surface area contributed by atoms with Crippen LogP contribution in [0.4, 0.5) is 0 Å². The van der Waals surface area contributed by atoms with Crippen molar-refractivity contribution in [1.29, 1.82) is 0 Å². The van der Waals surface area contributed by atoms with E-state index in [1.165, 1.54) is 45.6 Å². The van der Waals surface area contributed by atoms with Gasteiger partial charge in [-0.15, -0.1) is 0 Å². The van der Waals surface area contributed by atoms with E-state index in [2.05, 4.69) is 30.6 Å². The molecule has 3 aliphatic rings. The molecule has 3 rings (SSSR count). The molecule has 1 aliphatic carbocycles. The van der Waals surface area contributed by atoms with Crippen LogP contribution in [0.3, 0.4) is 0 Å². The van der Waals surface area contributed by atoms with Crippen molar-refractivity contribution in [2.45, 2.75) is 39.7 Å². The summed E-state index contributed by atoms with van der Waals surface area (Å²) >= 11 is 0. The maximum absolute atomic E-state index is 2.77. The minimum absolute atomic E-state index is 0.755. The van der Waals surface area contributed by atoms with Gasteiger partial charge in [-0.2, -0.15) is 0 Å². The molecule has 2 aliphatic heterocycles. The van der Waals surface area contributed by atoms with Crippen LogP contribution in [0.15, 0.2) is 0 Å². The Bertz CT molecular complexity index is 256. The molecule has 2 heteroatoms. The van der Waals surface area contributed by atoms with Crippen molar-refractivity contribution in [1.82, 2.24) is 9.80 Å². The molecule has 98 valence electrons. The Labute approximate surface area is 106 Å². The van der Waals surface area contributed by atoms with E-state index in [0.717, 1.165) is 29.7 Å². The molecule has 17 heavy (non-hydrogen) atoms. The zero-order valence-corrected chi connectivity index (χ0v) is 11.7. The van der Waals surface area contributed by atoms with Crippen molar-refractivity contribution in [3.63, 3.8) is 0 Å². The lowest BCUT2D eigenvalue weighted by atomic mass is 9.97. The number of nitrogens with zero attached hydrogens (tertiary/aromatic N) is 2. The first-order valence-corrected chi connectivity index (χ1v) is 7.58. The second-order valence-electron chi connectivity index (χ2n) is 7.23. The lowest BCUT2D eigenvalue weighted by Gasteiger charge is -2.43. The van der Waals surface area contributed by atoms with Gasteiger partial charge < -0.3 is 9.80 Å². The first-order valence-electron chi connectivity index (χ1n) is 7.58. The second kappa shape index (κ2) is 4.55. The molecule has 2 saturated heterocycles. The van der Waals surface area contributed by atoms with E-state index in [4.69, 9.17) is 0 Å². The topological polar surface area (TPSA) is 6.48 Å². The summed E-state index contributed by atoms with van der Waals surface area (Å²) in [6, 6.07) is 0.755. The Kier molecular flexibility index (Phi) is 3.20. The van der Waals surface area contributed by atoms with Crippen LogP contribution in [-0.2, 0) is 0 Å². The summed E-state index contributed by atoms with van der Waals surface area (Å²) in [7, 11) is 0. The second-order valence-corrected chi connectivity index (χ2v) is 7.23. The first kappa shape index (κ1) is 12.0. The number of hydrogen-bond acceptors (Lipinski definition) is 2. The van der Waals surface area contributed by atoms with E-state index in [1.54, 1.807) is 0 Å². The van der Waals surface area contributed by atoms with Gasteiger partial charge in [0, 0.05) is 38.8 Å². The van der Waals surface area contributed by atoms with Crippen LogP contribution in [0.25, 0.3) is 0 Å². The molecule has 2 heterocycles. The smallest absolute Gasteiger partial charge is 0.00388 e. The third-order valence-corrected chi connectivity index (χ3v) is 5.29. The van der Waals surface area contributed by atoms with Gasteiger partial charge in [-0.1, -0.05) is 6.92 Å². The third kappa shape index (κ3) is 2.39. The van der Waals surface area contributed by atoms with Gasteiger partial charge in [0.15, 0.2) is 0 Å². The minimum atomic E-state index is 0.755. The van der Waals surface area contributed by atoms with Gasteiger partial charge >= 0.3 is 0 Å². The summed E-state index contributed by atoms with van der Waals surface area (Å²) < 4.78 is 0. The summed E-state index contributed by atoms with van der Waals surface area (Å²) in [5, 5.41) is 0. The summed E-state index contributed by atoms with van der Waals surface area (Å²) in [4.78, 5) is 5.37. The van der Waals surface area contributed by atoms with Gasteiger partial charge in [-0.25, -0.2) is 0 Å². The average molecular weight is 236 g/mol. The highest BCUT2D eigenvalue weighted by atomic mass is 15.2. The molecular weight excluding hydrogens is 208 g/mol. The Morgan fingerprint density at radius 2 is 1.59 bits per heavy atom. The van der Waals surface area contributed by atoms with E-state index in [-0.39, 0.29) is 0 Å². The van der Waals surface area contributed by atoms with E-state index in [0.29, 0.717) is 0 Å². The average Bonchev–Trinajstić information content (AvgIpc) is 2.66. The molecule has 2 nitrogen and oxygen atoms in total. The van der Waals surface area contributed by atoms with Crippen molar-refractivity contribution in [3.05, 3.63) is 0 Å². The summed E-state index contributed by atoms with van der Waals surface area (Å²) in [6.45, 7) is 14.0. The number of hydrogen-bond donors (Lipinski definition) is 0. The molecule has 0 bridgehead atoms. The molecule has 0 N–H and O–H groups in total. The zero-order chi connectivity index (χ0) is 12.0. The standard InChI is InChI=1S/C15H28N2/c1-11(2)17-7-13(8-17)6-16-9-14-4-12(3)5-15(14)10-16/h11-15H,4-10H2,1-3H3. The maximum Gasteiger partial charge on any atom is 0.00388 e. The molecule has 0 radical (unpaired) electrons. The SMILES string of the molecule is CC1CC2CN(CC3CN(C(C)C)C3)CC2C1. The van der Waals surface area contributed by atoms with Crippen molar-refractivity contribution in [3.8, 4) is 0 Å². The molecule has 0 amide bonds. The van der Waals surface area contributed by atoms with Crippen LogP contribution in [-0.4, -0.2) is 48.6 Å². The van der Waals surface area contributed by atoms with Gasteiger partial charge in [-0.05, 0) is 50.4 Å². The van der Waals surface area contributed by atoms with E-state index in [9.17, 15) is 0 Å². The quantitative estimate of drug-likeness (QED) is 0.742. The summed E-state index contributed by atoms with van der Waals surface area (Å²) in [6.07, 6.45) is 3.01. The molecule has 1 saturated carbocycles. The van der Waals surface area contributed by atoms with Gasteiger partial charge in [0.2, 0.25) is 0 Å². The summed E-state index contributed by atoms with van der Waals surface area (Å²) in [5.74, 6) is 4.07. The molecule has 0 spiro atoms. The van der Waals surface area contributed by atoms with Gasteiger partial charge in [0.05, 0.1) is 0 Å². The van der Waals surface area contributed by atoms with Gasteiger partial charge in [0.1, 0.15) is 0 Å². The fourth-order valence-electron chi connectivity index (χ4n) is 4.36. The molecule has 0 aromatic carbocycles. The predicted octanol–water partition coefficient (Wildman–Crippen LogP) is 2.30. The number of rotatable bonds is 3. The fraction of sp³-hybridized carbons (Fsp3) is 1.00. The van der Waals surface area contributed by atoms with Crippen molar-refractivity contribution in [2.75, 3.05) is 32.7 Å². The van der Waals surface area contributed by atoms with E-state index < -0.39 is 0 Å². The Morgan fingerprint density at radius 1 is 1.00 bits per heavy atom. The monoisotopic (exact) mass is 236 g/mol. The van der Waals surface area contributed by atoms with Crippen molar-refractivity contribution < 1.29 is 0 Å². The minimum Gasteiger partial charge on any atom is -0.302 e. The highest BCUT2D eigenvalue weighted by molar-refractivity contribution is 4.93. The molecule has 2 atom stereocenters. The van der Waals surface area contributed by atoms with Crippen LogP contribution < -0.4 is 0 Å². The van der Waals surface area contributed by atoms with Crippen molar-refractivity contribution >= 4 is 0 Å². The first-order chi connectivity index (χ1) is 8.11. The van der Waals surface area contributed by atoms with Gasteiger partial charge in [-0.3, -0.25) is 0 Å². The molecule has 3 fully saturated rings. The van der Waals surface area contributed by atoms with Crippen molar-refractivity contribution in [2.24, 2.45) is 23.7 Å². The van der Waals surface area contributed by atoms with Crippen LogP contribution in [0.5, 0.6) is 0 Å². The fourth-order valence-corrected chi connectivity index (χ4v) is 4.36. The number of likely N-dealkylation sites (tertiary alicyclic amines) is 2. The third-order valence-electron chi connectivity index (χ3n) is 5.29. The zero-order valence-electron chi connectivity index (χ0n) is 11.7. The van der Waals surface area contributed by atoms with Crippen LogP contribution >= 0.6 is 0 Å². The highest BCUT2D eigenvalue weighted by Crippen LogP contribution is 2.41. The Morgan fingerprint density at radius 3 is 2.12 bits per heavy atom. The van der Waals surface area contributed by atoms with E-state index >= 15 is 0 Å². The number of fused-ring (bicyclic) bond motifs is 1. The lowest BCUT2D eigenvalue weighted by molar-refractivity contribution is 0.0454. The predicted molar refractivity (Wildman–Crippen MR) is 72.0 cm³/mol.